The maximum absolute atomic E-state index is 10.9. The van der Waals surface area contributed by atoms with Gasteiger partial charge in [0.1, 0.15) is 12.1 Å². The number of hydrogen-bond donors (Lipinski definition) is 4. The Morgan fingerprint density at radius 2 is 2.07 bits per heavy atom. The fourth-order valence-electron chi connectivity index (χ4n) is 0.576. The Morgan fingerprint density at radius 1 is 1.53 bits per heavy atom. The van der Waals surface area contributed by atoms with Crippen molar-refractivity contribution in [2.45, 2.75) is 19.1 Å². The Balaban J connectivity index is 4.04. The second kappa shape index (κ2) is 6.16. The van der Waals surface area contributed by atoms with Gasteiger partial charge in [-0.3, -0.25) is 9.32 Å². The van der Waals surface area contributed by atoms with Crippen molar-refractivity contribution in [3.63, 3.8) is 0 Å². The fourth-order valence-corrected chi connectivity index (χ4v) is 0.936. The quantitative estimate of drug-likeness (QED) is 0.321. The Kier molecular flexibility index (Phi) is 5.96. The van der Waals surface area contributed by atoms with Gasteiger partial charge in [0.15, 0.2) is 0 Å². The van der Waals surface area contributed by atoms with Crippen LogP contribution in [0.2, 0.25) is 0 Å². The highest BCUT2D eigenvalue weighted by Crippen LogP contribution is 2.35. The summed E-state index contributed by atoms with van der Waals surface area (Å²) in [5, 5.41) is 8.70. The van der Waals surface area contributed by atoms with Crippen LogP contribution in [0.4, 0.5) is 0 Å². The van der Waals surface area contributed by atoms with Gasteiger partial charge < -0.3 is 25.4 Å². The molecule has 0 aliphatic rings. The van der Waals surface area contributed by atoms with Gasteiger partial charge in [0, 0.05) is 0 Å². The topological polar surface area (TPSA) is 139 Å². The smallest absolute Gasteiger partial charge is 0.456 e. The Labute approximate surface area is 86.2 Å². The molecule has 0 saturated carbocycles. The lowest BCUT2D eigenvalue weighted by atomic mass is 10.3. The van der Waals surface area contributed by atoms with Gasteiger partial charge in [-0.05, 0) is 6.92 Å². The molecular formula is C6H14NO7P. The molecule has 0 bridgehead atoms. The average molecular weight is 243 g/mol. The van der Waals surface area contributed by atoms with E-state index in [0.717, 1.165) is 0 Å². The number of carbonyl (C=O) groups excluding carboxylic acids is 1. The second-order valence-corrected chi connectivity index (χ2v) is 4.06. The molecule has 0 aromatic rings. The van der Waals surface area contributed by atoms with Crippen molar-refractivity contribution in [2.24, 2.45) is 5.73 Å². The lowest BCUT2D eigenvalue weighted by Gasteiger charge is -2.16. The van der Waals surface area contributed by atoms with Gasteiger partial charge in [-0.1, -0.05) is 0 Å². The summed E-state index contributed by atoms with van der Waals surface area (Å²) >= 11 is 0. The molecular weight excluding hydrogens is 229 g/mol. The summed E-state index contributed by atoms with van der Waals surface area (Å²) < 4.78 is 18.9. The van der Waals surface area contributed by atoms with Crippen molar-refractivity contribution in [3.05, 3.63) is 0 Å². The van der Waals surface area contributed by atoms with Crippen LogP contribution in [-0.4, -0.2) is 46.2 Å². The summed E-state index contributed by atoms with van der Waals surface area (Å²) in [4.78, 5) is 27.6. The highest BCUT2D eigenvalue weighted by Gasteiger charge is 2.21. The van der Waals surface area contributed by atoms with Gasteiger partial charge in [0.05, 0.1) is 13.2 Å². The zero-order valence-electron chi connectivity index (χ0n) is 8.07. The molecule has 90 valence electrons. The number of esters is 1. The number of nitrogens with two attached hydrogens (primary N) is 1. The van der Waals surface area contributed by atoms with E-state index in [-0.39, 0.29) is 0 Å². The highest BCUT2D eigenvalue weighted by atomic mass is 31.2. The number of carbonyl (C=O) groups is 1. The van der Waals surface area contributed by atoms with E-state index in [4.69, 9.17) is 20.6 Å². The first-order valence-electron chi connectivity index (χ1n) is 4.03. The molecule has 0 aliphatic carbocycles. The highest BCUT2D eigenvalue weighted by molar-refractivity contribution is 7.46. The third-order valence-electron chi connectivity index (χ3n) is 1.29. The molecule has 0 amide bonds. The molecule has 8 nitrogen and oxygen atoms in total. The zero-order chi connectivity index (χ0) is 12.1. The molecule has 0 fully saturated rings. The number of ether oxygens (including phenoxy) is 1. The molecule has 0 rings (SSSR count). The van der Waals surface area contributed by atoms with E-state index in [1.54, 1.807) is 0 Å². The molecule has 0 heterocycles. The molecule has 0 unspecified atom stereocenters. The van der Waals surface area contributed by atoms with Crippen LogP contribution >= 0.6 is 7.82 Å². The van der Waals surface area contributed by atoms with Crippen molar-refractivity contribution in [2.75, 3.05) is 13.2 Å². The standard InChI is InChI=1S/C6H14NO7P/c1-4(7)6(9)14-5(2-8)3-13-15(10,11)12/h4-5,8H,2-3,7H2,1H3,(H2,10,11,12)/t4-,5+/m1/s1. The molecule has 2 atom stereocenters. The molecule has 0 saturated heterocycles. The summed E-state index contributed by atoms with van der Waals surface area (Å²) in [6.07, 6.45) is -1.14. The monoisotopic (exact) mass is 243 g/mol. The molecule has 0 radical (unpaired) electrons. The molecule has 5 N–H and O–H groups in total. The van der Waals surface area contributed by atoms with Gasteiger partial charge >= 0.3 is 13.8 Å². The van der Waals surface area contributed by atoms with Crippen molar-refractivity contribution >= 4 is 13.8 Å². The number of hydrogen-bond acceptors (Lipinski definition) is 6. The van der Waals surface area contributed by atoms with Crippen LogP contribution in [0.15, 0.2) is 0 Å². The van der Waals surface area contributed by atoms with Gasteiger partial charge in [-0.2, -0.15) is 0 Å². The number of phosphoric ester groups is 1. The van der Waals surface area contributed by atoms with E-state index in [1.165, 1.54) is 6.92 Å². The zero-order valence-corrected chi connectivity index (χ0v) is 8.96. The molecule has 0 aromatic heterocycles. The first-order valence-corrected chi connectivity index (χ1v) is 5.56. The van der Waals surface area contributed by atoms with Crippen LogP contribution in [0.25, 0.3) is 0 Å². The number of phosphoric acid groups is 1. The third kappa shape index (κ3) is 7.43. The normalized spacial score (nSPS) is 15.8. The minimum absolute atomic E-state index is 0.598. The Bertz CT molecular complexity index is 250. The van der Waals surface area contributed by atoms with Crippen LogP contribution in [-0.2, 0) is 18.6 Å². The van der Waals surface area contributed by atoms with Crippen LogP contribution < -0.4 is 5.73 Å². The molecule has 9 heteroatoms. The minimum Gasteiger partial charge on any atom is -0.456 e. The predicted octanol–water partition coefficient (Wildman–Crippen LogP) is -1.65. The van der Waals surface area contributed by atoms with E-state index < -0.39 is 39.2 Å². The maximum Gasteiger partial charge on any atom is 0.469 e. The first kappa shape index (κ1) is 14.5. The third-order valence-corrected chi connectivity index (χ3v) is 1.77. The number of aliphatic hydroxyl groups is 1. The van der Waals surface area contributed by atoms with Crippen molar-refractivity contribution in [1.29, 1.82) is 0 Å². The summed E-state index contributed by atoms with van der Waals surface area (Å²) in [7, 11) is -4.63. The van der Waals surface area contributed by atoms with Gasteiger partial charge in [-0.15, -0.1) is 0 Å². The van der Waals surface area contributed by atoms with E-state index in [2.05, 4.69) is 9.26 Å². The largest absolute Gasteiger partial charge is 0.469 e. The summed E-state index contributed by atoms with van der Waals surface area (Å²) in [6.45, 7) is 0.165. The lowest BCUT2D eigenvalue weighted by molar-refractivity contribution is -0.154. The van der Waals surface area contributed by atoms with Crippen LogP contribution in [0.1, 0.15) is 6.92 Å². The number of aliphatic hydroxyl groups excluding tert-OH is 1. The molecule has 0 aromatic carbocycles. The van der Waals surface area contributed by atoms with Crippen LogP contribution in [0.5, 0.6) is 0 Å². The molecule has 0 aliphatic heterocycles. The van der Waals surface area contributed by atoms with E-state index in [9.17, 15) is 9.36 Å². The van der Waals surface area contributed by atoms with Crippen LogP contribution in [0, 0.1) is 0 Å². The summed E-state index contributed by atoms with van der Waals surface area (Å²) in [5.74, 6) is -0.789. The van der Waals surface area contributed by atoms with Crippen molar-refractivity contribution in [1.82, 2.24) is 0 Å². The molecule has 0 spiro atoms. The van der Waals surface area contributed by atoms with E-state index >= 15 is 0 Å². The summed E-state index contributed by atoms with van der Waals surface area (Å²) in [6, 6.07) is -0.880. The lowest BCUT2D eigenvalue weighted by Crippen LogP contribution is -2.35. The minimum atomic E-state index is -4.63. The predicted molar refractivity (Wildman–Crippen MR) is 48.6 cm³/mol. The van der Waals surface area contributed by atoms with E-state index in [1.807, 2.05) is 0 Å². The fraction of sp³-hybridized carbons (Fsp3) is 0.833. The maximum atomic E-state index is 10.9. The Hall–Kier alpha value is -0.500. The Morgan fingerprint density at radius 3 is 2.40 bits per heavy atom. The first-order chi connectivity index (χ1) is 6.76. The van der Waals surface area contributed by atoms with Gasteiger partial charge in [0.25, 0.3) is 0 Å². The number of rotatable bonds is 6. The van der Waals surface area contributed by atoms with Crippen LogP contribution in [0.3, 0.4) is 0 Å². The second-order valence-electron chi connectivity index (χ2n) is 2.82. The molecule has 15 heavy (non-hydrogen) atoms. The van der Waals surface area contributed by atoms with Crippen molar-refractivity contribution < 1.29 is 33.5 Å². The SMILES string of the molecule is C[C@@H](N)C(=O)O[C@@H](CO)COP(=O)(O)O. The average Bonchev–Trinajstić information content (AvgIpc) is 2.10. The van der Waals surface area contributed by atoms with Gasteiger partial charge in [0.2, 0.25) is 0 Å². The van der Waals surface area contributed by atoms with Crippen molar-refractivity contribution in [3.8, 4) is 0 Å². The van der Waals surface area contributed by atoms with Gasteiger partial charge in [-0.25, -0.2) is 4.57 Å². The summed E-state index contributed by atoms with van der Waals surface area (Å²) in [5.41, 5.74) is 5.17. The van der Waals surface area contributed by atoms with E-state index in [0.29, 0.717) is 0 Å².